The number of ketones is 1. The zero-order valence-electron chi connectivity index (χ0n) is 11.0. The molecule has 2 heteroatoms. The highest BCUT2D eigenvalue weighted by molar-refractivity contribution is 5.96. The van der Waals surface area contributed by atoms with Gasteiger partial charge in [0.1, 0.15) is 0 Å². The minimum atomic E-state index is 0.224. The Balaban J connectivity index is 1.65. The van der Waals surface area contributed by atoms with Gasteiger partial charge in [-0.2, -0.15) is 0 Å². The van der Waals surface area contributed by atoms with Crippen LogP contribution in [0.2, 0.25) is 0 Å². The maximum Gasteiger partial charge on any atom is 0.162 e. The molecule has 2 aliphatic rings. The minimum Gasteiger partial charge on any atom is -0.382 e. The van der Waals surface area contributed by atoms with Gasteiger partial charge in [0, 0.05) is 23.7 Å². The van der Waals surface area contributed by atoms with Crippen LogP contribution in [-0.2, 0) is 0 Å². The predicted molar refractivity (Wildman–Crippen MR) is 73.9 cm³/mol. The number of carbonyl (C=O) groups is 1. The molecular formula is C16H21NO. The van der Waals surface area contributed by atoms with Crippen LogP contribution in [0.4, 0.5) is 5.69 Å². The van der Waals surface area contributed by atoms with Gasteiger partial charge in [-0.3, -0.25) is 4.79 Å². The van der Waals surface area contributed by atoms with Crippen molar-refractivity contribution < 1.29 is 4.79 Å². The van der Waals surface area contributed by atoms with Crippen molar-refractivity contribution in [1.29, 1.82) is 0 Å². The van der Waals surface area contributed by atoms with E-state index < -0.39 is 0 Å². The Bertz CT molecular complexity index is 437. The summed E-state index contributed by atoms with van der Waals surface area (Å²) in [5.41, 5.74) is 2.00. The molecule has 1 N–H and O–H groups in total. The summed E-state index contributed by atoms with van der Waals surface area (Å²) < 4.78 is 0. The molecular weight excluding hydrogens is 222 g/mol. The number of Topliss-reactive ketones (excluding diaryl/α,β-unsaturated/α-hetero) is 1. The maximum atomic E-state index is 11.6. The van der Waals surface area contributed by atoms with Gasteiger partial charge in [0.05, 0.1) is 0 Å². The third-order valence-electron chi connectivity index (χ3n) is 4.62. The molecule has 3 atom stereocenters. The molecule has 0 radical (unpaired) electrons. The van der Waals surface area contributed by atoms with Gasteiger partial charge in [-0.25, -0.2) is 0 Å². The third kappa shape index (κ3) is 2.16. The van der Waals surface area contributed by atoms with E-state index in [9.17, 15) is 4.79 Å². The van der Waals surface area contributed by atoms with Crippen molar-refractivity contribution in [3.05, 3.63) is 29.8 Å². The predicted octanol–water partition coefficient (Wildman–Crippen LogP) is 3.88. The number of carbonyl (C=O) groups excluding carboxylic acids is 1. The second-order valence-corrected chi connectivity index (χ2v) is 5.78. The van der Waals surface area contributed by atoms with E-state index in [0.29, 0.717) is 12.5 Å². The summed E-state index contributed by atoms with van der Waals surface area (Å²) in [5, 5.41) is 3.65. The Labute approximate surface area is 109 Å². The SMILES string of the molecule is CCC(=O)c1ccc(NC2CC3CCC2C3)cc1. The fraction of sp³-hybridized carbons (Fsp3) is 0.562. The fourth-order valence-electron chi connectivity index (χ4n) is 3.59. The van der Waals surface area contributed by atoms with E-state index in [0.717, 1.165) is 17.4 Å². The van der Waals surface area contributed by atoms with Crippen LogP contribution in [0.15, 0.2) is 24.3 Å². The molecule has 2 saturated carbocycles. The van der Waals surface area contributed by atoms with E-state index in [1.54, 1.807) is 0 Å². The molecule has 1 aromatic rings. The Morgan fingerprint density at radius 3 is 2.56 bits per heavy atom. The van der Waals surface area contributed by atoms with Gasteiger partial charge < -0.3 is 5.32 Å². The minimum absolute atomic E-state index is 0.224. The summed E-state index contributed by atoms with van der Waals surface area (Å²) in [6.45, 7) is 1.91. The summed E-state index contributed by atoms with van der Waals surface area (Å²) in [6, 6.07) is 8.66. The van der Waals surface area contributed by atoms with E-state index in [2.05, 4.69) is 17.4 Å². The Hall–Kier alpha value is -1.31. The van der Waals surface area contributed by atoms with E-state index in [1.165, 1.54) is 31.4 Å². The first kappa shape index (κ1) is 11.8. The molecule has 2 bridgehead atoms. The molecule has 0 aromatic heterocycles. The van der Waals surface area contributed by atoms with Crippen LogP contribution in [0.5, 0.6) is 0 Å². The first-order chi connectivity index (χ1) is 8.76. The van der Waals surface area contributed by atoms with Gasteiger partial charge in [0.15, 0.2) is 5.78 Å². The molecule has 2 fully saturated rings. The molecule has 1 aromatic carbocycles. The molecule has 3 unspecified atom stereocenters. The summed E-state index contributed by atoms with van der Waals surface area (Å²) in [4.78, 5) is 11.6. The van der Waals surface area contributed by atoms with Crippen LogP contribution in [0.1, 0.15) is 49.4 Å². The lowest BCUT2D eigenvalue weighted by molar-refractivity contribution is 0.0988. The smallest absolute Gasteiger partial charge is 0.162 e. The van der Waals surface area contributed by atoms with Crippen molar-refractivity contribution in [2.24, 2.45) is 11.8 Å². The zero-order valence-corrected chi connectivity index (χ0v) is 11.0. The Kier molecular flexibility index (Phi) is 3.11. The summed E-state index contributed by atoms with van der Waals surface area (Å²) in [6.07, 6.45) is 6.17. The lowest BCUT2D eigenvalue weighted by Crippen LogP contribution is -2.25. The zero-order chi connectivity index (χ0) is 12.5. The highest BCUT2D eigenvalue weighted by Gasteiger charge is 2.39. The second-order valence-electron chi connectivity index (χ2n) is 5.78. The average molecular weight is 243 g/mol. The number of nitrogens with one attached hydrogen (secondary N) is 1. The molecule has 0 amide bonds. The van der Waals surface area contributed by atoms with Gasteiger partial charge in [-0.15, -0.1) is 0 Å². The molecule has 3 rings (SSSR count). The fourth-order valence-corrected chi connectivity index (χ4v) is 3.59. The van der Waals surface area contributed by atoms with Crippen LogP contribution >= 0.6 is 0 Å². The van der Waals surface area contributed by atoms with Crippen molar-refractivity contribution in [3.8, 4) is 0 Å². The molecule has 0 aliphatic heterocycles. The highest BCUT2D eigenvalue weighted by atomic mass is 16.1. The van der Waals surface area contributed by atoms with Gasteiger partial charge in [-0.05, 0) is 55.4 Å². The first-order valence-corrected chi connectivity index (χ1v) is 7.16. The molecule has 0 saturated heterocycles. The van der Waals surface area contributed by atoms with Crippen molar-refractivity contribution in [3.63, 3.8) is 0 Å². The van der Waals surface area contributed by atoms with Crippen LogP contribution in [0.3, 0.4) is 0 Å². The normalized spacial score (nSPS) is 29.5. The number of benzene rings is 1. The summed E-state index contributed by atoms with van der Waals surface area (Å²) in [5.74, 6) is 2.07. The number of anilines is 1. The Morgan fingerprint density at radius 1 is 1.22 bits per heavy atom. The number of hydrogen-bond acceptors (Lipinski definition) is 2. The first-order valence-electron chi connectivity index (χ1n) is 7.16. The van der Waals surface area contributed by atoms with Crippen LogP contribution < -0.4 is 5.32 Å². The molecule has 2 nitrogen and oxygen atoms in total. The maximum absolute atomic E-state index is 11.6. The van der Waals surface area contributed by atoms with E-state index >= 15 is 0 Å². The summed E-state index contributed by atoms with van der Waals surface area (Å²) in [7, 11) is 0. The number of rotatable bonds is 4. The van der Waals surface area contributed by atoms with Crippen LogP contribution in [0, 0.1) is 11.8 Å². The van der Waals surface area contributed by atoms with Crippen LogP contribution in [0.25, 0.3) is 0 Å². The molecule has 2 aliphatic carbocycles. The van der Waals surface area contributed by atoms with Gasteiger partial charge in [0.25, 0.3) is 0 Å². The lowest BCUT2D eigenvalue weighted by Gasteiger charge is -2.24. The highest BCUT2D eigenvalue weighted by Crippen LogP contribution is 2.45. The van der Waals surface area contributed by atoms with Crippen molar-refractivity contribution in [2.75, 3.05) is 5.32 Å². The van der Waals surface area contributed by atoms with E-state index in [-0.39, 0.29) is 5.78 Å². The molecule has 96 valence electrons. The number of hydrogen-bond donors (Lipinski definition) is 1. The van der Waals surface area contributed by atoms with Gasteiger partial charge in [-0.1, -0.05) is 13.3 Å². The van der Waals surface area contributed by atoms with E-state index in [1.807, 2.05) is 19.1 Å². The standard InChI is InChI=1S/C16H21NO/c1-2-16(18)12-5-7-14(8-6-12)17-15-10-11-3-4-13(15)9-11/h5-8,11,13,15,17H,2-4,9-10H2,1H3. The quantitative estimate of drug-likeness (QED) is 0.813. The Morgan fingerprint density at radius 2 is 2.00 bits per heavy atom. The molecule has 0 heterocycles. The third-order valence-corrected chi connectivity index (χ3v) is 4.62. The topological polar surface area (TPSA) is 29.1 Å². The molecule has 18 heavy (non-hydrogen) atoms. The molecule has 0 spiro atoms. The second kappa shape index (κ2) is 4.75. The number of fused-ring (bicyclic) bond motifs is 2. The van der Waals surface area contributed by atoms with Crippen molar-refractivity contribution >= 4 is 11.5 Å². The van der Waals surface area contributed by atoms with Crippen molar-refractivity contribution in [2.45, 2.75) is 45.1 Å². The van der Waals surface area contributed by atoms with Gasteiger partial charge >= 0.3 is 0 Å². The summed E-state index contributed by atoms with van der Waals surface area (Å²) >= 11 is 0. The lowest BCUT2D eigenvalue weighted by atomic mass is 9.95. The largest absolute Gasteiger partial charge is 0.382 e. The average Bonchev–Trinajstić information content (AvgIpc) is 3.01. The van der Waals surface area contributed by atoms with Gasteiger partial charge in [0.2, 0.25) is 0 Å². The monoisotopic (exact) mass is 243 g/mol. The van der Waals surface area contributed by atoms with Crippen LogP contribution in [-0.4, -0.2) is 11.8 Å². The van der Waals surface area contributed by atoms with Crippen molar-refractivity contribution in [1.82, 2.24) is 0 Å². The van der Waals surface area contributed by atoms with E-state index in [4.69, 9.17) is 0 Å².